The van der Waals surface area contributed by atoms with E-state index in [0.29, 0.717) is 31.6 Å². The second-order valence-corrected chi connectivity index (χ2v) is 3.69. The van der Waals surface area contributed by atoms with Gasteiger partial charge in [-0.05, 0) is 13.3 Å². The van der Waals surface area contributed by atoms with Crippen LogP contribution in [-0.4, -0.2) is 21.9 Å². The molecular weight excluding hydrogens is 234 g/mol. The SMILES string of the molecule is C#CCCCNC(=O)c1cc([N+](=O)[O-])cn1CC. The van der Waals surface area contributed by atoms with E-state index in [9.17, 15) is 14.9 Å². The molecule has 96 valence electrons. The lowest BCUT2D eigenvalue weighted by molar-refractivity contribution is -0.384. The van der Waals surface area contributed by atoms with E-state index in [1.807, 2.05) is 6.92 Å². The molecule has 1 amide bonds. The largest absolute Gasteiger partial charge is 0.351 e. The van der Waals surface area contributed by atoms with Gasteiger partial charge in [0.05, 0.1) is 11.1 Å². The average molecular weight is 249 g/mol. The standard InChI is InChI=1S/C12H15N3O3/c1-3-5-6-7-13-12(16)11-8-10(15(17)18)9-14(11)4-2/h1,8-9H,4-7H2,2H3,(H,13,16). The highest BCUT2D eigenvalue weighted by atomic mass is 16.6. The van der Waals surface area contributed by atoms with Crippen molar-refractivity contribution in [3.05, 3.63) is 28.1 Å². The maximum Gasteiger partial charge on any atom is 0.287 e. The van der Waals surface area contributed by atoms with Gasteiger partial charge in [-0.3, -0.25) is 14.9 Å². The normalized spacial score (nSPS) is 9.78. The zero-order valence-corrected chi connectivity index (χ0v) is 10.2. The third-order valence-corrected chi connectivity index (χ3v) is 2.45. The van der Waals surface area contributed by atoms with E-state index in [-0.39, 0.29) is 11.6 Å². The summed E-state index contributed by atoms with van der Waals surface area (Å²) in [5.74, 6) is 2.16. The van der Waals surface area contributed by atoms with Crippen LogP contribution in [0.25, 0.3) is 0 Å². The number of hydrogen-bond acceptors (Lipinski definition) is 3. The van der Waals surface area contributed by atoms with Crippen LogP contribution in [0.4, 0.5) is 5.69 Å². The van der Waals surface area contributed by atoms with Gasteiger partial charge in [0.2, 0.25) is 0 Å². The number of hydrogen-bond donors (Lipinski definition) is 1. The number of unbranched alkanes of at least 4 members (excludes halogenated alkanes) is 1. The summed E-state index contributed by atoms with van der Waals surface area (Å²) in [6.45, 7) is 2.78. The maximum atomic E-state index is 11.8. The molecule has 0 bridgehead atoms. The molecule has 0 aromatic carbocycles. The number of nitrogens with zero attached hydrogens (tertiary/aromatic N) is 2. The van der Waals surface area contributed by atoms with Crippen molar-refractivity contribution in [3.63, 3.8) is 0 Å². The summed E-state index contributed by atoms with van der Waals surface area (Å²) in [6, 6.07) is 1.28. The van der Waals surface area contributed by atoms with Gasteiger partial charge in [0.25, 0.3) is 11.6 Å². The molecule has 0 aliphatic heterocycles. The lowest BCUT2D eigenvalue weighted by atomic mass is 10.3. The summed E-state index contributed by atoms with van der Waals surface area (Å²) in [6.07, 6.45) is 7.74. The molecule has 6 nitrogen and oxygen atoms in total. The second kappa shape index (κ2) is 6.45. The predicted molar refractivity (Wildman–Crippen MR) is 67.2 cm³/mol. The molecule has 0 aliphatic carbocycles. The predicted octanol–water partition coefficient (Wildman–Crippen LogP) is 1.56. The summed E-state index contributed by atoms with van der Waals surface area (Å²) in [5.41, 5.74) is 0.218. The topological polar surface area (TPSA) is 77.2 Å². The quantitative estimate of drug-likeness (QED) is 0.359. The van der Waals surface area contributed by atoms with Gasteiger partial charge < -0.3 is 9.88 Å². The highest BCUT2D eigenvalue weighted by Crippen LogP contribution is 2.16. The van der Waals surface area contributed by atoms with E-state index in [4.69, 9.17) is 6.42 Å². The van der Waals surface area contributed by atoms with Gasteiger partial charge >= 0.3 is 0 Å². The number of carbonyl (C=O) groups is 1. The van der Waals surface area contributed by atoms with Gasteiger partial charge in [-0.15, -0.1) is 12.3 Å². The average Bonchev–Trinajstić information content (AvgIpc) is 2.78. The molecule has 0 saturated heterocycles. The van der Waals surface area contributed by atoms with Crippen LogP contribution in [0.2, 0.25) is 0 Å². The lowest BCUT2D eigenvalue weighted by Crippen LogP contribution is -2.26. The van der Waals surface area contributed by atoms with Gasteiger partial charge in [0, 0.05) is 25.6 Å². The first-order valence-electron chi connectivity index (χ1n) is 5.66. The molecule has 18 heavy (non-hydrogen) atoms. The molecule has 0 radical (unpaired) electrons. The Morgan fingerprint density at radius 2 is 2.39 bits per heavy atom. The Bertz CT molecular complexity index is 485. The first-order chi connectivity index (χ1) is 8.60. The number of carbonyl (C=O) groups excluding carboxylic acids is 1. The molecule has 0 spiro atoms. The van der Waals surface area contributed by atoms with E-state index in [1.165, 1.54) is 12.3 Å². The van der Waals surface area contributed by atoms with E-state index in [0.717, 1.165) is 0 Å². The van der Waals surface area contributed by atoms with Crippen LogP contribution >= 0.6 is 0 Å². The fraction of sp³-hybridized carbons (Fsp3) is 0.417. The molecule has 1 heterocycles. The van der Waals surface area contributed by atoms with E-state index in [1.54, 1.807) is 4.57 Å². The van der Waals surface area contributed by atoms with Gasteiger partial charge in [0.1, 0.15) is 5.69 Å². The van der Waals surface area contributed by atoms with Crippen molar-refractivity contribution in [1.82, 2.24) is 9.88 Å². The number of aryl methyl sites for hydroxylation is 1. The Morgan fingerprint density at radius 3 is 2.94 bits per heavy atom. The van der Waals surface area contributed by atoms with Crippen molar-refractivity contribution < 1.29 is 9.72 Å². The first kappa shape index (κ1) is 13.8. The third-order valence-electron chi connectivity index (χ3n) is 2.45. The van der Waals surface area contributed by atoms with Crippen LogP contribution in [0.1, 0.15) is 30.3 Å². The number of aromatic nitrogens is 1. The molecule has 0 saturated carbocycles. The first-order valence-corrected chi connectivity index (χ1v) is 5.66. The Labute approximate surface area is 105 Å². The zero-order chi connectivity index (χ0) is 13.5. The smallest absolute Gasteiger partial charge is 0.287 e. The fourth-order valence-corrected chi connectivity index (χ4v) is 1.53. The van der Waals surface area contributed by atoms with Crippen molar-refractivity contribution in [2.45, 2.75) is 26.3 Å². The van der Waals surface area contributed by atoms with Crippen molar-refractivity contribution in [2.24, 2.45) is 0 Å². The Kier molecular flexibility index (Phi) is 4.93. The molecule has 0 fully saturated rings. The highest BCUT2D eigenvalue weighted by Gasteiger charge is 2.17. The maximum absolute atomic E-state index is 11.8. The monoisotopic (exact) mass is 249 g/mol. The van der Waals surface area contributed by atoms with Gasteiger partial charge in [-0.1, -0.05) is 0 Å². The van der Waals surface area contributed by atoms with E-state index in [2.05, 4.69) is 11.2 Å². The minimum absolute atomic E-state index is 0.0781. The molecule has 1 aromatic rings. The van der Waals surface area contributed by atoms with Gasteiger partial charge in [0.15, 0.2) is 0 Å². The highest BCUT2D eigenvalue weighted by molar-refractivity contribution is 5.93. The Hall–Kier alpha value is -2.29. The van der Waals surface area contributed by atoms with Gasteiger partial charge in [-0.2, -0.15) is 0 Å². The Balaban J connectivity index is 2.72. The summed E-state index contributed by atoms with van der Waals surface area (Å²) >= 11 is 0. The molecule has 0 atom stereocenters. The fourth-order valence-electron chi connectivity index (χ4n) is 1.53. The number of rotatable bonds is 6. The van der Waals surface area contributed by atoms with Crippen molar-refractivity contribution >= 4 is 11.6 Å². The van der Waals surface area contributed by atoms with Crippen LogP contribution < -0.4 is 5.32 Å². The van der Waals surface area contributed by atoms with E-state index < -0.39 is 4.92 Å². The molecule has 0 aliphatic rings. The summed E-state index contributed by atoms with van der Waals surface area (Å²) in [5, 5.41) is 13.3. The van der Waals surface area contributed by atoms with Crippen LogP contribution in [-0.2, 0) is 6.54 Å². The minimum atomic E-state index is -0.513. The van der Waals surface area contributed by atoms with Crippen LogP contribution in [0.5, 0.6) is 0 Å². The molecular formula is C12H15N3O3. The van der Waals surface area contributed by atoms with Crippen LogP contribution in [0.15, 0.2) is 12.3 Å². The molecule has 0 unspecified atom stereocenters. The van der Waals surface area contributed by atoms with E-state index >= 15 is 0 Å². The molecule has 1 N–H and O–H groups in total. The lowest BCUT2D eigenvalue weighted by Gasteiger charge is -2.06. The third kappa shape index (κ3) is 3.35. The number of terminal acetylenes is 1. The second-order valence-electron chi connectivity index (χ2n) is 3.69. The van der Waals surface area contributed by atoms with Gasteiger partial charge in [-0.25, -0.2) is 0 Å². The van der Waals surface area contributed by atoms with Crippen molar-refractivity contribution in [3.8, 4) is 12.3 Å². The summed E-state index contributed by atoms with van der Waals surface area (Å²) in [7, 11) is 0. The Morgan fingerprint density at radius 1 is 1.67 bits per heavy atom. The van der Waals surface area contributed by atoms with Crippen LogP contribution in [0.3, 0.4) is 0 Å². The van der Waals surface area contributed by atoms with Crippen molar-refractivity contribution in [2.75, 3.05) is 6.54 Å². The number of nitro groups is 1. The molecule has 6 heteroatoms. The minimum Gasteiger partial charge on any atom is -0.351 e. The van der Waals surface area contributed by atoms with Crippen molar-refractivity contribution in [1.29, 1.82) is 0 Å². The zero-order valence-electron chi connectivity index (χ0n) is 10.2. The molecule has 1 rings (SSSR count). The molecule has 1 aromatic heterocycles. The number of nitrogens with one attached hydrogen (secondary N) is 1. The van der Waals surface area contributed by atoms with Crippen LogP contribution in [0, 0.1) is 22.5 Å². The summed E-state index contributed by atoms with van der Waals surface area (Å²) < 4.78 is 1.55. The summed E-state index contributed by atoms with van der Waals surface area (Å²) in [4.78, 5) is 21.9. The number of amides is 1.